The topological polar surface area (TPSA) is 66.0 Å². The van der Waals surface area contributed by atoms with Gasteiger partial charge in [0.2, 0.25) is 0 Å². The van der Waals surface area contributed by atoms with E-state index in [0.717, 1.165) is 10.0 Å². The first kappa shape index (κ1) is 13.3. The fraction of sp³-hybridized carbons (Fsp3) is 0. The zero-order valence-corrected chi connectivity index (χ0v) is 13.2. The van der Waals surface area contributed by atoms with Crippen LogP contribution < -0.4 is 0 Å². The molecule has 0 spiro atoms. The molecule has 6 heteroatoms. The molecule has 0 aliphatic heterocycles. The molecule has 20 heavy (non-hydrogen) atoms. The monoisotopic (exact) mass is 394 g/mol. The van der Waals surface area contributed by atoms with Gasteiger partial charge in [0.1, 0.15) is 11.3 Å². The maximum absolute atomic E-state index is 11.1. The molecule has 0 aliphatic rings. The number of aromatic carboxylic acids is 1. The number of carbonyl (C=O) groups is 1. The van der Waals surface area contributed by atoms with Gasteiger partial charge in [-0.2, -0.15) is 0 Å². The first-order chi connectivity index (χ1) is 9.54. The zero-order valence-electron chi connectivity index (χ0n) is 10.0. The minimum absolute atomic E-state index is 0.216. The Hall–Kier alpha value is -1.66. The third-order valence-corrected chi connectivity index (χ3v) is 3.98. The number of aromatic amines is 1. The van der Waals surface area contributed by atoms with Crippen molar-refractivity contribution in [2.45, 2.75) is 0 Å². The van der Waals surface area contributed by atoms with Crippen LogP contribution in [-0.4, -0.2) is 21.0 Å². The van der Waals surface area contributed by atoms with Gasteiger partial charge in [0.15, 0.2) is 0 Å². The molecule has 4 nitrogen and oxygen atoms in total. The van der Waals surface area contributed by atoms with Crippen LogP contribution in [0.3, 0.4) is 0 Å². The lowest BCUT2D eigenvalue weighted by atomic mass is 10.2. The van der Waals surface area contributed by atoms with Gasteiger partial charge in [0.05, 0.1) is 11.1 Å². The highest BCUT2D eigenvalue weighted by Gasteiger charge is 2.12. The number of carboxylic acids is 1. The number of nitrogens with zero attached hydrogens (tertiary/aromatic N) is 1. The van der Waals surface area contributed by atoms with Gasteiger partial charge in [-0.1, -0.05) is 28.1 Å². The molecule has 2 N–H and O–H groups in total. The lowest BCUT2D eigenvalue weighted by molar-refractivity contribution is 0.0697. The van der Waals surface area contributed by atoms with E-state index < -0.39 is 5.97 Å². The van der Waals surface area contributed by atoms with Crippen LogP contribution in [0.5, 0.6) is 0 Å². The maximum Gasteiger partial charge on any atom is 0.335 e. The summed E-state index contributed by atoms with van der Waals surface area (Å²) in [5.74, 6) is -0.268. The Morgan fingerprint density at radius 1 is 1.20 bits per heavy atom. The number of rotatable bonds is 2. The summed E-state index contributed by atoms with van der Waals surface area (Å²) < 4.78 is 1.62. The van der Waals surface area contributed by atoms with Crippen LogP contribution in [0, 0.1) is 0 Å². The Bertz CT molecular complexity index is 827. The van der Waals surface area contributed by atoms with E-state index in [2.05, 4.69) is 41.8 Å². The van der Waals surface area contributed by atoms with Gasteiger partial charge in [0, 0.05) is 14.5 Å². The van der Waals surface area contributed by atoms with E-state index in [4.69, 9.17) is 5.11 Å². The summed E-state index contributed by atoms with van der Waals surface area (Å²) in [5.41, 5.74) is 2.55. The quantitative estimate of drug-likeness (QED) is 0.673. The smallest absolute Gasteiger partial charge is 0.335 e. The molecule has 3 aromatic rings. The standard InChI is InChI=1S/C14H8Br2N2O2/c15-9-3-1-2-7(4-9)13-17-11-6-8(14(19)20)5-10(16)12(11)18-13/h1-6H,(H,17,18)(H,19,20). The molecular formula is C14H8Br2N2O2. The second-order valence-corrected chi connectivity index (χ2v) is 6.03. The van der Waals surface area contributed by atoms with E-state index in [1.807, 2.05) is 24.3 Å². The molecule has 0 radical (unpaired) electrons. The maximum atomic E-state index is 11.1. The van der Waals surface area contributed by atoms with E-state index in [1.165, 1.54) is 0 Å². The highest BCUT2D eigenvalue weighted by molar-refractivity contribution is 9.11. The lowest BCUT2D eigenvalue weighted by Gasteiger charge is -1.96. The van der Waals surface area contributed by atoms with Crippen LogP contribution in [0.25, 0.3) is 22.4 Å². The molecule has 0 unspecified atom stereocenters. The number of aromatic nitrogens is 2. The van der Waals surface area contributed by atoms with Crippen molar-refractivity contribution in [3.8, 4) is 11.4 Å². The number of nitrogens with one attached hydrogen (secondary N) is 1. The molecule has 3 rings (SSSR count). The number of fused-ring (bicyclic) bond motifs is 1. The first-order valence-corrected chi connectivity index (χ1v) is 7.31. The Kier molecular flexibility index (Phi) is 3.35. The fourth-order valence-electron chi connectivity index (χ4n) is 1.97. The third kappa shape index (κ3) is 2.36. The molecule has 2 aromatic carbocycles. The molecule has 0 bridgehead atoms. The molecule has 0 atom stereocenters. The van der Waals surface area contributed by atoms with Crippen LogP contribution >= 0.6 is 31.9 Å². The number of H-pyrrole nitrogens is 1. The van der Waals surface area contributed by atoms with Crippen LogP contribution in [0.1, 0.15) is 10.4 Å². The van der Waals surface area contributed by atoms with Crippen molar-refractivity contribution in [2.24, 2.45) is 0 Å². The van der Waals surface area contributed by atoms with Gasteiger partial charge in [-0.25, -0.2) is 9.78 Å². The van der Waals surface area contributed by atoms with Crippen molar-refractivity contribution in [1.82, 2.24) is 9.97 Å². The molecule has 100 valence electrons. The number of imidazole rings is 1. The van der Waals surface area contributed by atoms with Crippen molar-refractivity contribution in [3.63, 3.8) is 0 Å². The SMILES string of the molecule is O=C(O)c1cc(Br)c2nc(-c3cccc(Br)c3)[nH]c2c1. The molecule has 0 saturated heterocycles. The minimum atomic E-state index is -0.966. The largest absolute Gasteiger partial charge is 0.478 e. The van der Waals surface area contributed by atoms with Crippen molar-refractivity contribution in [2.75, 3.05) is 0 Å². The Morgan fingerprint density at radius 2 is 2.00 bits per heavy atom. The molecule has 0 aliphatic carbocycles. The van der Waals surface area contributed by atoms with Gasteiger partial charge in [-0.15, -0.1) is 0 Å². The van der Waals surface area contributed by atoms with E-state index in [1.54, 1.807) is 12.1 Å². The zero-order chi connectivity index (χ0) is 14.3. The number of carboxylic acid groups (broad SMARTS) is 1. The van der Waals surface area contributed by atoms with Gasteiger partial charge >= 0.3 is 5.97 Å². The van der Waals surface area contributed by atoms with Crippen molar-refractivity contribution < 1.29 is 9.90 Å². The number of hydrogen-bond acceptors (Lipinski definition) is 2. The molecule has 1 heterocycles. The second-order valence-electron chi connectivity index (χ2n) is 4.26. The van der Waals surface area contributed by atoms with Crippen molar-refractivity contribution in [1.29, 1.82) is 0 Å². The Balaban J connectivity index is 2.20. The lowest BCUT2D eigenvalue weighted by Crippen LogP contribution is -1.95. The van der Waals surface area contributed by atoms with E-state index in [0.29, 0.717) is 21.3 Å². The van der Waals surface area contributed by atoms with Crippen LogP contribution in [0.15, 0.2) is 45.3 Å². The normalized spacial score (nSPS) is 10.9. The van der Waals surface area contributed by atoms with Gasteiger partial charge < -0.3 is 10.1 Å². The van der Waals surface area contributed by atoms with Crippen LogP contribution in [-0.2, 0) is 0 Å². The number of halogens is 2. The van der Waals surface area contributed by atoms with E-state index in [9.17, 15) is 4.79 Å². The predicted octanol–water partition coefficient (Wildman–Crippen LogP) is 4.45. The van der Waals surface area contributed by atoms with Crippen molar-refractivity contribution >= 4 is 48.9 Å². The summed E-state index contributed by atoms with van der Waals surface area (Å²) in [6.07, 6.45) is 0. The fourth-order valence-corrected chi connectivity index (χ4v) is 2.92. The third-order valence-electron chi connectivity index (χ3n) is 2.89. The van der Waals surface area contributed by atoms with Crippen molar-refractivity contribution in [3.05, 3.63) is 50.9 Å². The summed E-state index contributed by atoms with van der Waals surface area (Å²) in [6, 6.07) is 10.9. The van der Waals surface area contributed by atoms with E-state index in [-0.39, 0.29) is 5.56 Å². The number of benzene rings is 2. The molecule has 0 fully saturated rings. The molecule has 0 amide bonds. The van der Waals surface area contributed by atoms with Gasteiger partial charge in [-0.3, -0.25) is 0 Å². The molecule has 0 saturated carbocycles. The average molecular weight is 396 g/mol. The summed E-state index contributed by atoms with van der Waals surface area (Å²) in [4.78, 5) is 18.7. The predicted molar refractivity (Wildman–Crippen MR) is 83.9 cm³/mol. The summed E-state index contributed by atoms with van der Waals surface area (Å²) >= 11 is 6.78. The average Bonchev–Trinajstić information content (AvgIpc) is 2.83. The van der Waals surface area contributed by atoms with Gasteiger partial charge in [-0.05, 0) is 40.2 Å². The first-order valence-electron chi connectivity index (χ1n) is 5.73. The molecule has 1 aromatic heterocycles. The highest BCUT2D eigenvalue weighted by atomic mass is 79.9. The summed E-state index contributed by atoms with van der Waals surface area (Å²) in [6.45, 7) is 0. The molecular weight excluding hydrogens is 388 g/mol. The van der Waals surface area contributed by atoms with Crippen LogP contribution in [0.2, 0.25) is 0 Å². The van der Waals surface area contributed by atoms with Gasteiger partial charge in [0.25, 0.3) is 0 Å². The van der Waals surface area contributed by atoms with Crippen LogP contribution in [0.4, 0.5) is 0 Å². The minimum Gasteiger partial charge on any atom is -0.478 e. The summed E-state index contributed by atoms with van der Waals surface area (Å²) in [5, 5.41) is 9.07. The Labute approximate surface area is 131 Å². The highest BCUT2D eigenvalue weighted by Crippen LogP contribution is 2.28. The number of hydrogen-bond donors (Lipinski definition) is 2. The second kappa shape index (κ2) is 5.03. The Morgan fingerprint density at radius 3 is 2.70 bits per heavy atom. The van der Waals surface area contributed by atoms with E-state index >= 15 is 0 Å². The summed E-state index contributed by atoms with van der Waals surface area (Å²) in [7, 11) is 0.